The van der Waals surface area contributed by atoms with Crippen LogP contribution in [-0.2, 0) is 16.1 Å². The average Bonchev–Trinajstić information content (AvgIpc) is 3.73. The average molecular weight is 495 g/mol. The Hall–Kier alpha value is -3.17. The molecule has 2 aromatic heterocycles. The number of nitrogens with zero attached hydrogens (tertiary/aromatic N) is 4. The van der Waals surface area contributed by atoms with E-state index in [4.69, 9.17) is 9.47 Å². The molecule has 1 spiro atoms. The van der Waals surface area contributed by atoms with Gasteiger partial charge in [0.15, 0.2) is 0 Å². The molecule has 1 amide bonds. The topological polar surface area (TPSA) is 67.8 Å². The largest absolute Gasteiger partial charge is 0.495 e. The fraction of sp³-hybridized carbons (Fsp3) is 0.444. The Bertz CT molecular complexity index is 1320. The smallest absolute Gasteiger partial charge is 0.248 e. The number of amides is 1. The third-order valence-electron chi connectivity index (χ3n) is 7.59. The van der Waals surface area contributed by atoms with Crippen LogP contribution in [0, 0.1) is 5.82 Å². The second-order valence-corrected chi connectivity index (χ2v) is 9.99. The molecule has 1 aliphatic carbocycles. The van der Waals surface area contributed by atoms with Gasteiger partial charge >= 0.3 is 0 Å². The standard InChI is InChI=1S/C27H28F2N4O3/c1-35-21-8-18-3-2-17(10-23(18)31-12-21)19-9-22(28)24(30-11-19)13-32-7-6-27(25(29)14-32)16-33(20-4-5-20)26(34)15-36-27/h2-3,8-12,20,25H,4-7,13-16H2,1H3/t25-,27+/m0/s1. The van der Waals surface area contributed by atoms with Crippen LogP contribution in [0.15, 0.2) is 42.7 Å². The van der Waals surface area contributed by atoms with Gasteiger partial charge in [-0.15, -0.1) is 0 Å². The first-order valence-electron chi connectivity index (χ1n) is 12.3. The molecule has 188 valence electrons. The highest BCUT2D eigenvalue weighted by Crippen LogP contribution is 2.38. The van der Waals surface area contributed by atoms with Crippen molar-refractivity contribution in [1.82, 2.24) is 19.8 Å². The SMILES string of the molecule is COc1cnc2cc(-c3cnc(CN4CC[C@@]5(CN(C6CC6)C(=O)CO5)[C@@H](F)C4)c(F)c3)ccc2c1. The minimum absolute atomic E-state index is 0.0500. The van der Waals surface area contributed by atoms with Crippen LogP contribution in [0.1, 0.15) is 25.0 Å². The Labute approximate surface area is 208 Å². The molecule has 0 unspecified atom stereocenters. The Morgan fingerprint density at radius 1 is 1.17 bits per heavy atom. The first-order valence-corrected chi connectivity index (χ1v) is 12.3. The lowest BCUT2D eigenvalue weighted by atomic mass is 9.87. The number of carbonyl (C=O) groups is 1. The highest BCUT2D eigenvalue weighted by Gasteiger charge is 2.51. The Balaban J connectivity index is 1.14. The van der Waals surface area contributed by atoms with Crippen LogP contribution in [0.5, 0.6) is 5.75 Å². The summed E-state index contributed by atoms with van der Waals surface area (Å²) in [5.74, 6) is 0.201. The van der Waals surface area contributed by atoms with E-state index in [0.29, 0.717) is 30.8 Å². The lowest BCUT2D eigenvalue weighted by Crippen LogP contribution is -2.64. The molecule has 7 nitrogen and oxygen atoms in total. The number of pyridine rings is 2. The Kier molecular flexibility index (Phi) is 5.84. The molecule has 0 radical (unpaired) electrons. The van der Waals surface area contributed by atoms with Gasteiger partial charge in [0.2, 0.25) is 5.91 Å². The zero-order chi connectivity index (χ0) is 24.9. The van der Waals surface area contributed by atoms with E-state index in [9.17, 15) is 4.79 Å². The van der Waals surface area contributed by atoms with Gasteiger partial charge < -0.3 is 14.4 Å². The van der Waals surface area contributed by atoms with Gasteiger partial charge in [-0.3, -0.25) is 19.7 Å². The molecule has 36 heavy (non-hydrogen) atoms. The predicted octanol–water partition coefficient (Wildman–Crippen LogP) is 3.75. The van der Waals surface area contributed by atoms with E-state index in [0.717, 1.165) is 29.3 Å². The first kappa shape index (κ1) is 23.2. The predicted molar refractivity (Wildman–Crippen MR) is 130 cm³/mol. The van der Waals surface area contributed by atoms with E-state index in [1.165, 1.54) is 6.07 Å². The number of carbonyl (C=O) groups excluding carboxylic acids is 1. The van der Waals surface area contributed by atoms with Gasteiger partial charge in [0.1, 0.15) is 29.9 Å². The van der Waals surface area contributed by atoms with E-state index in [1.807, 2.05) is 29.2 Å². The summed E-state index contributed by atoms with van der Waals surface area (Å²) < 4.78 is 41.4. The fourth-order valence-electron chi connectivity index (χ4n) is 5.25. The molecule has 2 atom stereocenters. The van der Waals surface area contributed by atoms with Gasteiger partial charge in [-0.2, -0.15) is 0 Å². The van der Waals surface area contributed by atoms with Crippen molar-refractivity contribution in [2.45, 2.75) is 43.6 Å². The molecule has 2 saturated heterocycles. The molecule has 3 aliphatic rings. The molecular formula is C27H28F2N4O3. The third-order valence-corrected chi connectivity index (χ3v) is 7.59. The van der Waals surface area contributed by atoms with Crippen LogP contribution in [-0.4, -0.2) is 76.8 Å². The maximum atomic E-state index is 15.4. The summed E-state index contributed by atoms with van der Waals surface area (Å²) in [5, 5.41) is 0.929. The number of piperidine rings is 1. The van der Waals surface area contributed by atoms with Crippen LogP contribution in [0.4, 0.5) is 8.78 Å². The number of alkyl halides is 1. The summed E-state index contributed by atoms with van der Waals surface area (Å²) in [6, 6.07) is 9.31. The quantitative estimate of drug-likeness (QED) is 0.538. The monoisotopic (exact) mass is 494 g/mol. The number of likely N-dealkylation sites (tertiary alicyclic amines) is 1. The maximum Gasteiger partial charge on any atom is 0.248 e. The maximum absolute atomic E-state index is 15.4. The summed E-state index contributed by atoms with van der Waals surface area (Å²) >= 11 is 0. The molecule has 4 heterocycles. The van der Waals surface area contributed by atoms with Gasteiger partial charge in [-0.05, 0) is 43.0 Å². The van der Waals surface area contributed by atoms with Crippen LogP contribution in [0.3, 0.4) is 0 Å². The van der Waals surface area contributed by atoms with E-state index in [-0.39, 0.29) is 37.3 Å². The third kappa shape index (κ3) is 4.30. The number of rotatable bonds is 5. The van der Waals surface area contributed by atoms with Crippen molar-refractivity contribution in [2.75, 3.05) is 33.4 Å². The number of hydrogen-bond donors (Lipinski definition) is 0. The number of methoxy groups -OCH3 is 1. The zero-order valence-electron chi connectivity index (χ0n) is 20.1. The first-order chi connectivity index (χ1) is 17.4. The van der Waals surface area contributed by atoms with Crippen molar-refractivity contribution in [3.05, 3.63) is 54.2 Å². The lowest BCUT2D eigenvalue weighted by molar-refractivity contribution is -0.189. The summed E-state index contributed by atoms with van der Waals surface area (Å²) in [6.07, 6.45) is 4.46. The van der Waals surface area contributed by atoms with E-state index >= 15 is 8.78 Å². The van der Waals surface area contributed by atoms with Gasteiger partial charge in [-0.25, -0.2) is 8.78 Å². The number of hydrogen-bond acceptors (Lipinski definition) is 6. The molecular weight excluding hydrogens is 466 g/mol. The summed E-state index contributed by atoms with van der Waals surface area (Å²) in [5.41, 5.74) is 1.56. The molecule has 6 rings (SSSR count). The second kappa shape index (κ2) is 9.05. The van der Waals surface area contributed by atoms with E-state index in [1.54, 1.807) is 24.4 Å². The minimum Gasteiger partial charge on any atom is -0.495 e. The molecule has 1 saturated carbocycles. The van der Waals surface area contributed by atoms with Gasteiger partial charge in [0.25, 0.3) is 0 Å². The number of morpholine rings is 1. The number of aromatic nitrogens is 2. The molecule has 3 aromatic rings. The Morgan fingerprint density at radius 3 is 2.78 bits per heavy atom. The van der Waals surface area contributed by atoms with Crippen LogP contribution < -0.4 is 4.74 Å². The molecule has 0 N–H and O–H groups in total. The van der Waals surface area contributed by atoms with Crippen molar-refractivity contribution in [1.29, 1.82) is 0 Å². The summed E-state index contributed by atoms with van der Waals surface area (Å²) in [7, 11) is 1.59. The highest BCUT2D eigenvalue weighted by atomic mass is 19.1. The van der Waals surface area contributed by atoms with Gasteiger partial charge in [0.05, 0.1) is 31.1 Å². The number of fused-ring (bicyclic) bond motifs is 1. The van der Waals surface area contributed by atoms with Crippen LogP contribution >= 0.6 is 0 Å². The normalized spacial score (nSPS) is 25.0. The van der Waals surface area contributed by atoms with Crippen molar-refractivity contribution in [3.63, 3.8) is 0 Å². The fourth-order valence-corrected chi connectivity index (χ4v) is 5.25. The van der Waals surface area contributed by atoms with Crippen LogP contribution in [0.25, 0.3) is 22.0 Å². The number of halogens is 2. The molecule has 9 heteroatoms. The summed E-state index contributed by atoms with van der Waals surface area (Å²) in [4.78, 5) is 24.6. The zero-order valence-corrected chi connectivity index (χ0v) is 20.1. The number of benzene rings is 1. The van der Waals surface area contributed by atoms with Crippen molar-refractivity contribution in [3.8, 4) is 16.9 Å². The highest BCUT2D eigenvalue weighted by molar-refractivity contribution is 5.85. The van der Waals surface area contributed by atoms with Crippen molar-refractivity contribution in [2.24, 2.45) is 0 Å². The van der Waals surface area contributed by atoms with Gasteiger partial charge in [0, 0.05) is 42.8 Å². The lowest BCUT2D eigenvalue weighted by Gasteiger charge is -2.48. The minimum atomic E-state index is -1.26. The summed E-state index contributed by atoms with van der Waals surface area (Å²) in [6.45, 7) is 1.13. The molecule has 3 fully saturated rings. The van der Waals surface area contributed by atoms with E-state index < -0.39 is 17.6 Å². The van der Waals surface area contributed by atoms with Crippen LogP contribution in [0.2, 0.25) is 0 Å². The molecule has 1 aromatic carbocycles. The molecule has 0 bridgehead atoms. The second-order valence-electron chi connectivity index (χ2n) is 9.99. The van der Waals surface area contributed by atoms with Gasteiger partial charge in [-0.1, -0.05) is 12.1 Å². The van der Waals surface area contributed by atoms with Crippen molar-refractivity contribution >= 4 is 16.8 Å². The van der Waals surface area contributed by atoms with Crippen molar-refractivity contribution < 1.29 is 23.0 Å². The molecule has 2 aliphatic heterocycles. The Morgan fingerprint density at radius 2 is 2.03 bits per heavy atom. The number of ether oxygens (including phenoxy) is 2. The van der Waals surface area contributed by atoms with E-state index in [2.05, 4.69) is 9.97 Å².